The van der Waals surface area contributed by atoms with Crippen LogP contribution in [0.1, 0.15) is 38.1 Å². The van der Waals surface area contributed by atoms with E-state index in [0.29, 0.717) is 11.3 Å². The zero-order valence-corrected chi connectivity index (χ0v) is 12.1. The SMILES string of the molecule is CC(Nc1cc(Br)ccc1C(=O)O)C(C)(C)C. The molecule has 1 atom stereocenters. The standard InChI is InChI=1S/C13H18BrNO2/c1-8(13(2,3)4)15-11-7-9(14)5-6-10(11)12(16)17/h5-8,15H,1-4H3,(H,16,17). The molecule has 0 aromatic heterocycles. The van der Waals surface area contributed by atoms with Gasteiger partial charge in [-0.3, -0.25) is 0 Å². The zero-order chi connectivity index (χ0) is 13.2. The van der Waals surface area contributed by atoms with Gasteiger partial charge in [0.2, 0.25) is 0 Å². The van der Waals surface area contributed by atoms with E-state index in [0.717, 1.165) is 4.47 Å². The summed E-state index contributed by atoms with van der Waals surface area (Å²) >= 11 is 3.35. The van der Waals surface area contributed by atoms with E-state index in [-0.39, 0.29) is 11.5 Å². The molecule has 94 valence electrons. The van der Waals surface area contributed by atoms with Gasteiger partial charge in [0.15, 0.2) is 0 Å². The van der Waals surface area contributed by atoms with Crippen LogP contribution in [0.5, 0.6) is 0 Å². The number of benzene rings is 1. The molecule has 0 aliphatic heterocycles. The van der Waals surface area contributed by atoms with Crippen molar-refractivity contribution < 1.29 is 9.90 Å². The fourth-order valence-corrected chi connectivity index (χ4v) is 1.63. The summed E-state index contributed by atoms with van der Waals surface area (Å²) in [5.74, 6) is -0.916. The predicted octanol–water partition coefficient (Wildman–Crippen LogP) is 3.99. The quantitative estimate of drug-likeness (QED) is 0.887. The summed E-state index contributed by atoms with van der Waals surface area (Å²) in [6, 6.07) is 5.31. The Morgan fingerprint density at radius 2 is 2.00 bits per heavy atom. The fourth-order valence-electron chi connectivity index (χ4n) is 1.27. The summed E-state index contributed by atoms with van der Waals surface area (Å²) in [5, 5.41) is 12.4. The minimum Gasteiger partial charge on any atom is -0.478 e. The molecule has 0 aliphatic carbocycles. The molecule has 0 fully saturated rings. The van der Waals surface area contributed by atoms with Gasteiger partial charge in [-0.15, -0.1) is 0 Å². The molecule has 3 nitrogen and oxygen atoms in total. The molecule has 17 heavy (non-hydrogen) atoms. The molecule has 0 spiro atoms. The Bertz CT molecular complexity index is 424. The van der Waals surface area contributed by atoms with Gasteiger partial charge in [0, 0.05) is 10.5 Å². The molecule has 1 rings (SSSR count). The minimum atomic E-state index is -0.916. The summed E-state index contributed by atoms with van der Waals surface area (Å²) in [6.45, 7) is 8.39. The maximum atomic E-state index is 11.1. The largest absolute Gasteiger partial charge is 0.478 e. The molecule has 0 radical (unpaired) electrons. The first kappa shape index (κ1) is 14.0. The number of rotatable bonds is 3. The topological polar surface area (TPSA) is 49.3 Å². The summed E-state index contributed by atoms with van der Waals surface area (Å²) in [5.41, 5.74) is 1.01. The molecular formula is C13H18BrNO2. The number of halogens is 1. The Balaban J connectivity index is 3.04. The molecule has 1 unspecified atom stereocenters. The van der Waals surface area contributed by atoms with Crippen molar-refractivity contribution >= 4 is 27.6 Å². The van der Waals surface area contributed by atoms with Crippen molar-refractivity contribution in [1.29, 1.82) is 0 Å². The van der Waals surface area contributed by atoms with E-state index in [1.54, 1.807) is 18.2 Å². The summed E-state index contributed by atoms with van der Waals surface area (Å²) in [7, 11) is 0. The van der Waals surface area contributed by atoms with E-state index in [9.17, 15) is 4.79 Å². The van der Waals surface area contributed by atoms with Crippen LogP contribution in [0.4, 0.5) is 5.69 Å². The third-order valence-corrected chi connectivity index (χ3v) is 3.38. The van der Waals surface area contributed by atoms with E-state index in [1.807, 2.05) is 6.92 Å². The number of carboxylic acids is 1. The Morgan fingerprint density at radius 3 is 2.47 bits per heavy atom. The van der Waals surface area contributed by atoms with Crippen molar-refractivity contribution in [3.63, 3.8) is 0 Å². The van der Waals surface area contributed by atoms with Crippen LogP contribution in [0.15, 0.2) is 22.7 Å². The molecular weight excluding hydrogens is 282 g/mol. The second-order valence-electron chi connectivity index (χ2n) is 5.23. The molecule has 4 heteroatoms. The number of carboxylic acid groups (broad SMARTS) is 1. The number of nitrogens with one attached hydrogen (secondary N) is 1. The lowest BCUT2D eigenvalue weighted by atomic mass is 9.88. The van der Waals surface area contributed by atoms with Crippen LogP contribution in [0, 0.1) is 5.41 Å². The van der Waals surface area contributed by atoms with E-state index >= 15 is 0 Å². The van der Waals surface area contributed by atoms with Gasteiger partial charge in [-0.2, -0.15) is 0 Å². The van der Waals surface area contributed by atoms with Crippen LogP contribution < -0.4 is 5.32 Å². The number of carbonyl (C=O) groups is 1. The van der Waals surface area contributed by atoms with Gasteiger partial charge in [-0.1, -0.05) is 36.7 Å². The molecule has 2 N–H and O–H groups in total. The van der Waals surface area contributed by atoms with Gasteiger partial charge in [0.25, 0.3) is 0 Å². The average molecular weight is 300 g/mol. The normalized spacial score (nSPS) is 13.2. The van der Waals surface area contributed by atoms with Crippen LogP contribution in [-0.4, -0.2) is 17.1 Å². The Labute approximate surface area is 110 Å². The van der Waals surface area contributed by atoms with Gasteiger partial charge < -0.3 is 10.4 Å². The van der Waals surface area contributed by atoms with Gasteiger partial charge >= 0.3 is 5.97 Å². The smallest absolute Gasteiger partial charge is 0.337 e. The maximum Gasteiger partial charge on any atom is 0.337 e. The highest BCUT2D eigenvalue weighted by Gasteiger charge is 2.21. The Morgan fingerprint density at radius 1 is 1.41 bits per heavy atom. The monoisotopic (exact) mass is 299 g/mol. The second kappa shape index (κ2) is 5.08. The maximum absolute atomic E-state index is 11.1. The Hall–Kier alpha value is -1.03. The van der Waals surface area contributed by atoms with Crippen molar-refractivity contribution in [2.45, 2.75) is 33.7 Å². The van der Waals surface area contributed by atoms with Gasteiger partial charge in [0.05, 0.1) is 11.3 Å². The minimum absolute atomic E-state index is 0.0676. The highest BCUT2D eigenvalue weighted by Crippen LogP contribution is 2.27. The molecule has 0 heterocycles. The fraction of sp³-hybridized carbons (Fsp3) is 0.462. The van der Waals surface area contributed by atoms with E-state index in [1.165, 1.54) is 0 Å². The molecule has 0 amide bonds. The average Bonchev–Trinajstić information content (AvgIpc) is 2.15. The zero-order valence-electron chi connectivity index (χ0n) is 10.5. The van der Waals surface area contributed by atoms with Crippen LogP contribution in [0.3, 0.4) is 0 Å². The van der Waals surface area contributed by atoms with Crippen LogP contribution in [-0.2, 0) is 0 Å². The van der Waals surface area contributed by atoms with Gasteiger partial charge in [0.1, 0.15) is 0 Å². The first-order valence-corrected chi connectivity index (χ1v) is 6.30. The van der Waals surface area contributed by atoms with Crippen LogP contribution in [0.25, 0.3) is 0 Å². The van der Waals surface area contributed by atoms with Crippen molar-refractivity contribution in [2.24, 2.45) is 5.41 Å². The van der Waals surface area contributed by atoms with Gasteiger partial charge in [-0.05, 0) is 30.5 Å². The molecule has 1 aromatic rings. The highest BCUT2D eigenvalue weighted by molar-refractivity contribution is 9.10. The van der Waals surface area contributed by atoms with Crippen molar-refractivity contribution in [2.75, 3.05) is 5.32 Å². The molecule has 0 bridgehead atoms. The van der Waals surface area contributed by atoms with Crippen molar-refractivity contribution in [3.8, 4) is 0 Å². The summed E-state index contributed by atoms with van der Waals surface area (Å²) in [6.07, 6.45) is 0. The first-order valence-electron chi connectivity index (χ1n) is 5.51. The first-order chi connectivity index (χ1) is 7.71. The van der Waals surface area contributed by atoms with Crippen LogP contribution in [0.2, 0.25) is 0 Å². The lowest BCUT2D eigenvalue weighted by molar-refractivity contribution is 0.0697. The van der Waals surface area contributed by atoms with Gasteiger partial charge in [-0.25, -0.2) is 4.79 Å². The predicted molar refractivity (Wildman–Crippen MR) is 73.6 cm³/mol. The summed E-state index contributed by atoms with van der Waals surface area (Å²) in [4.78, 5) is 11.1. The number of hydrogen-bond donors (Lipinski definition) is 2. The Kier molecular flexibility index (Phi) is 4.20. The molecule has 0 saturated heterocycles. The second-order valence-corrected chi connectivity index (χ2v) is 6.14. The number of hydrogen-bond acceptors (Lipinski definition) is 2. The van der Waals surface area contributed by atoms with E-state index in [4.69, 9.17) is 5.11 Å². The van der Waals surface area contributed by atoms with Crippen molar-refractivity contribution in [3.05, 3.63) is 28.2 Å². The third kappa shape index (κ3) is 3.73. The lowest BCUT2D eigenvalue weighted by Crippen LogP contribution is -2.31. The molecule has 1 aromatic carbocycles. The lowest BCUT2D eigenvalue weighted by Gasteiger charge is -2.29. The molecule has 0 saturated carbocycles. The third-order valence-electron chi connectivity index (χ3n) is 2.88. The summed E-state index contributed by atoms with van der Waals surface area (Å²) < 4.78 is 0.867. The highest BCUT2D eigenvalue weighted by atomic mass is 79.9. The van der Waals surface area contributed by atoms with Crippen molar-refractivity contribution in [1.82, 2.24) is 0 Å². The van der Waals surface area contributed by atoms with Crippen LogP contribution >= 0.6 is 15.9 Å². The molecule has 0 aliphatic rings. The van der Waals surface area contributed by atoms with E-state index < -0.39 is 5.97 Å². The van der Waals surface area contributed by atoms with E-state index in [2.05, 4.69) is 42.0 Å². The number of anilines is 1. The number of aromatic carboxylic acids is 1.